The minimum absolute atomic E-state index is 0.0559. The van der Waals surface area contributed by atoms with Gasteiger partial charge in [0.2, 0.25) is 0 Å². The van der Waals surface area contributed by atoms with E-state index in [2.05, 4.69) is 36.5 Å². The molecular weight excluding hydrogens is 312 g/mol. The van der Waals surface area contributed by atoms with E-state index in [4.69, 9.17) is 4.74 Å². The van der Waals surface area contributed by atoms with Crippen LogP contribution in [0.2, 0.25) is 0 Å². The van der Waals surface area contributed by atoms with Crippen LogP contribution in [0.1, 0.15) is 44.4 Å². The summed E-state index contributed by atoms with van der Waals surface area (Å²) < 4.78 is 5.32. The summed E-state index contributed by atoms with van der Waals surface area (Å²) in [6.45, 7) is 6.27. The molecule has 0 aliphatic rings. The molecule has 0 aliphatic carbocycles. The van der Waals surface area contributed by atoms with Gasteiger partial charge in [0, 0.05) is 12.8 Å². The molecule has 1 amide bonds. The zero-order valence-corrected chi connectivity index (χ0v) is 15.3. The van der Waals surface area contributed by atoms with Crippen molar-refractivity contribution in [2.45, 2.75) is 38.7 Å². The number of hydrogen-bond donors (Lipinski definition) is 1. The number of carbonyl (C=O) groups excluding carboxylic acids is 1. The molecular formula is C21H26N2O2. The number of amides is 1. The van der Waals surface area contributed by atoms with Crippen LogP contribution >= 0.6 is 0 Å². The number of nitrogens with one attached hydrogen (secondary N) is 1. The van der Waals surface area contributed by atoms with Crippen LogP contribution in [-0.4, -0.2) is 18.7 Å². The fourth-order valence-electron chi connectivity index (χ4n) is 2.90. The summed E-state index contributed by atoms with van der Waals surface area (Å²) in [7, 11) is 1.52. The zero-order valence-electron chi connectivity index (χ0n) is 15.3. The van der Waals surface area contributed by atoms with Crippen LogP contribution in [0.4, 0.5) is 0 Å². The minimum Gasteiger partial charge on any atom is -0.367 e. The third-order valence-corrected chi connectivity index (χ3v) is 4.19. The molecule has 25 heavy (non-hydrogen) atoms. The van der Waals surface area contributed by atoms with E-state index in [1.165, 1.54) is 12.7 Å². The van der Waals surface area contributed by atoms with Crippen molar-refractivity contribution in [2.24, 2.45) is 5.10 Å². The number of rotatable bonds is 7. The molecule has 2 aromatic rings. The standard InChI is InChI=1S/C21H26N2O2/c1-16(15-21(2,3)18-13-9-6-10-14-18)22-23-20(24)19(25-4)17-11-7-5-8-12-17/h5-14,19H,15H2,1-4H3,(H,23,24)/b22-16-/t19-/m1/s1. The van der Waals surface area contributed by atoms with Gasteiger partial charge < -0.3 is 4.74 Å². The molecule has 4 nitrogen and oxygen atoms in total. The molecule has 1 N–H and O–H groups in total. The van der Waals surface area contributed by atoms with Gasteiger partial charge in [-0.05, 0) is 29.9 Å². The normalized spacial score (nSPS) is 13.4. The van der Waals surface area contributed by atoms with E-state index in [9.17, 15) is 4.79 Å². The lowest BCUT2D eigenvalue weighted by Crippen LogP contribution is -2.28. The lowest BCUT2D eigenvalue weighted by Gasteiger charge is -2.25. The van der Waals surface area contributed by atoms with E-state index in [0.29, 0.717) is 0 Å². The number of hydrogen-bond acceptors (Lipinski definition) is 3. The average Bonchev–Trinajstić information content (AvgIpc) is 2.62. The minimum atomic E-state index is -0.667. The van der Waals surface area contributed by atoms with Gasteiger partial charge in [0.1, 0.15) is 0 Å². The Morgan fingerprint density at radius 3 is 2.20 bits per heavy atom. The van der Waals surface area contributed by atoms with Crippen molar-refractivity contribution in [3.8, 4) is 0 Å². The number of methoxy groups -OCH3 is 1. The van der Waals surface area contributed by atoms with Gasteiger partial charge in [-0.25, -0.2) is 5.43 Å². The van der Waals surface area contributed by atoms with Crippen LogP contribution in [-0.2, 0) is 14.9 Å². The fourth-order valence-corrected chi connectivity index (χ4v) is 2.90. The van der Waals surface area contributed by atoms with Gasteiger partial charge in [0.25, 0.3) is 5.91 Å². The van der Waals surface area contributed by atoms with Gasteiger partial charge in [-0.1, -0.05) is 74.5 Å². The lowest BCUT2D eigenvalue weighted by molar-refractivity contribution is -0.131. The third-order valence-electron chi connectivity index (χ3n) is 4.19. The first-order chi connectivity index (χ1) is 11.9. The molecule has 0 aliphatic heterocycles. The van der Waals surface area contributed by atoms with Crippen molar-refractivity contribution in [1.29, 1.82) is 0 Å². The van der Waals surface area contributed by atoms with E-state index in [1.54, 1.807) is 0 Å². The number of carbonyl (C=O) groups is 1. The van der Waals surface area contributed by atoms with Gasteiger partial charge in [0.15, 0.2) is 6.10 Å². The maximum absolute atomic E-state index is 12.4. The summed E-state index contributed by atoms with van der Waals surface area (Å²) in [5.74, 6) is -0.273. The topological polar surface area (TPSA) is 50.7 Å². The van der Waals surface area contributed by atoms with E-state index in [0.717, 1.165) is 17.7 Å². The highest BCUT2D eigenvalue weighted by Crippen LogP contribution is 2.27. The molecule has 0 fully saturated rings. The Morgan fingerprint density at radius 1 is 1.08 bits per heavy atom. The van der Waals surface area contributed by atoms with Gasteiger partial charge in [-0.3, -0.25) is 4.79 Å². The third kappa shape index (κ3) is 5.26. The van der Waals surface area contributed by atoms with Gasteiger partial charge in [-0.2, -0.15) is 5.10 Å². The summed E-state index contributed by atoms with van der Waals surface area (Å²) in [4.78, 5) is 12.4. The Bertz CT molecular complexity index is 709. The molecule has 0 saturated heterocycles. The Labute approximate surface area is 149 Å². The first-order valence-electron chi connectivity index (χ1n) is 8.40. The lowest BCUT2D eigenvalue weighted by atomic mass is 9.80. The van der Waals surface area contributed by atoms with Crippen molar-refractivity contribution in [3.63, 3.8) is 0 Å². The Morgan fingerprint density at radius 2 is 1.64 bits per heavy atom. The highest BCUT2D eigenvalue weighted by atomic mass is 16.5. The zero-order chi connectivity index (χ0) is 18.3. The largest absolute Gasteiger partial charge is 0.367 e. The molecule has 132 valence electrons. The second kappa shape index (κ2) is 8.58. The van der Waals surface area contributed by atoms with Crippen LogP contribution < -0.4 is 5.43 Å². The van der Waals surface area contributed by atoms with Gasteiger partial charge in [0.05, 0.1) is 0 Å². The van der Waals surface area contributed by atoms with Crippen molar-refractivity contribution < 1.29 is 9.53 Å². The van der Waals surface area contributed by atoms with Crippen molar-refractivity contribution in [1.82, 2.24) is 5.43 Å². The van der Waals surface area contributed by atoms with Crippen molar-refractivity contribution >= 4 is 11.6 Å². The number of hydrazone groups is 1. The molecule has 0 aromatic heterocycles. The van der Waals surface area contributed by atoms with E-state index in [-0.39, 0.29) is 11.3 Å². The molecule has 0 saturated carbocycles. The van der Waals surface area contributed by atoms with E-state index < -0.39 is 6.10 Å². The molecule has 4 heteroatoms. The van der Waals surface area contributed by atoms with E-state index >= 15 is 0 Å². The van der Waals surface area contributed by atoms with E-state index in [1.807, 2.05) is 55.5 Å². The molecule has 2 rings (SSSR count). The molecule has 0 bridgehead atoms. The summed E-state index contributed by atoms with van der Waals surface area (Å²) in [6.07, 6.45) is 0.0835. The SMILES string of the molecule is CO[C@@H](C(=O)N/N=C(/C)CC(C)(C)c1ccccc1)c1ccccc1. The van der Waals surface area contributed by atoms with Crippen molar-refractivity contribution in [2.75, 3.05) is 7.11 Å². The van der Waals surface area contributed by atoms with Crippen LogP contribution in [0, 0.1) is 0 Å². The molecule has 0 heterocycles. The number of ether oxygens (including phenoxy) is 1. The molecule has 0 radical (unpaired) electrons. The first kappa shape index (κ1) is 18.9. The molecule has 2 aromatic carbocycles. The Kier molecular flexibility index (Phi) is 6.48. The molecule has 1 atom stereocenters. The average molecular weight is 338 g/mol. The van der Waals surface area contributed by atoms with Gasteiger partial charge in [-0.15, -0.1) is 0 Å². The number of nitrogens with zero attached hydrogens (tertiary/aromatic N) is 1. The first-order valence-corrected chi connectivity index (χ1v) is 8.40. The second-order valence-electron chi connectivity index (χ2n) is 6.78. The second-order valence-corrected chi connectivity index (χ2v) is 6.78. The predicted molar refractivity (Wildman–Crippen MR) is 102 cm³/mol. The maximum Gasteiger partial charge on any atom is 0.273 e. The maximum atomic E-state index is 12.4. The van der Waals surface area contributed by atoms with Crippen LogP contribution in [0.15, 0.2) is 65.8 Å². The molecule has 0 spiro atoms. The van der Waals surface area contributed by atoms with Crippen LogP contribution in [0.25, 0.3) is 0 Å². The summed E-state index contributed by atoms with van der Waals surface area (Å²) in [6, 6.07) is 19.7. The highest BCUT2D eigenvalue weighted by molar-refractivity contribution is 5.87. The van der Waals surface area contributed by atoms with Crippen molar-refractivity contribution in [3.05, 3.63) is 71.8 Å². The van der Waals surface area contributed by atoms with Gasteiger partial charge >= 0.3 is 0 Å². The summed E-state index contributed by atoms with van der Waals surface area (Å²) in [5, 5.41) is 4.27. The van der Waals surface area contributed by atoms with Crippen LogP contribution in [0.5, 0.6) is 0 Å². The fraction of sp³-hybridized carbons (Fsp3) is 0.333. The highest BCUT2D eigenvalue weighted by Gasteiger charge is 2.22. The Balaban J connectivity index is 2.01. The monoisotopic (exact) mass is 338 g/mol. The quantitative estimate of drug-likeness (QED) is 0.606. The smallest absolute Gasteiger partial charge is 0.273 e. The summed E-state index contributed by atoms with van der Waals surface area (Å²) in [5.41, 5.74) is 5.49. The Hall–Kier alpha value is -2.46. The molecule has 0 unspecified atom stereocenters. The number of benzene rings is 2. The predicted octanol–water partition coefficient (Wildman–Crippen LogP) is 4.23. The van der Waals surface area contributed by atoms with Crippen LogP contribution in [0.3, 0.4) is 0 Å². The summed E-state index contributed by atoms with van der Waals surface area (Å²) >= 11 is 0.